The molecule has 9 atom stereocenters. The first-order valence-corrected chi connectivity index (χ1v) is 14.1. The molecule has 4 saturated carbocycles. The van der Waals surface area contributed by atoms with Crippen molar-refractivity contribution in [1.82, 2.24) is 4.98 Å². The van der Waals surface area contributed by atoms with E-state index in [9.17, 15) is 10.2 Å². The van der Waals surface area contributed by atoms with Crippen LogP contribution in [-0.4, -0.2) is 26.9 Å². The Bertz CT molecular complexity index is 813. The summed E-state index contributed by atoms with van der Waals surface area (Å²) < 4.78 is 0. The van der Waals surface area contributed by atoms with Crippen LogP contribution in [0.3, 0.4) is 0 Å². The van der Waals surface area contributed by atoms with Gasteiger partial charge in [-0.1, -0.05) is 33.3 Å². The molecular weight excluding hydrogens is 406 g/mol. The molecule has 0 aromatic carbocycles. The second kappa shape index (κ2) is 8.94. The van der Waals surface area contributed by atoms with Gasteiger partial charge in [-0.05, 0) is 129 Å². The van der Waals surface area contributed by atoms with Gasteiger partial charge in [0.25, 0.3) is 0 Å². The molecule has 1 unspecified atom stereocenters. The maximum Gasteiger partial charge on any atom is 0.0684 e. The van der Waals surface area contributed by atoms with Crippen molar-refractivity contribution < 1.29 is 10.2 Å². The van der Waals surface area contributed by atoms with Crippen LogP contribution in [0.15, 0.2) is 24.5 Å². The highest BCUT2D eigenvalue weighted by atomic mass is 16.3. The number of aliphatic hydroxyl groups excluding tert-OH is 1. The molecular formula is C30H47NO2. The molecule has 0 spiro atoms. The van der Waals surface area contributed by atoms with Crippen molar-refractivity contribution in [2.45, 2.75) is 116 Å². The smallest absolute Gasteiger partial charge is 0.0684 e. The lowest BCUT2D eigenvalue weighted by Crippen LogP contribution is -2.55. The van der Waals surface area contributed by atoms with Gasteiger partial charge in [0.2, 0.25) is 0 Å². The number of pyridine rings is 1. The van der Waals surface area contributed by atoms with Gasteiger partial charge in [0.15, 0.2) is 0 Å². The van der Waals surface area contributed by atoms with Gasteiger partial charge in [0.1, 0.15) is 0 Å². The maximum absolute atomic E-state index is 12.2. The lowest BCUT2D eigenvalue weighted by molar-refractivity contribution is -0.149. The minimum absolute atomic E-state index is 0.0618. The SMILES string of the molecule is CCCC(O)(CCc1cccnc1)[C@H]1CC[C@H]2[C@@H]3CC[C@H]4C[C@@H](O)CC[C@]4(C)[C@H]3CC[C@]12C. The van der Waals surface area contributed by atoms with Crippen LogP contribution in [0.25, 0.3) is 0 Å². The third-order valence-corrected chi connectivity index (χ3v) is 11.5. The number of hydrogen-bond acceptors (Lipinski definition) is 3. The van der Waals surface area contributed by atoms with Crippen molar-refractivity contribution in [3.8, 4) is 0 Å². The molecule has 4 fully saturated rings. The first-order valence-electron chi connectivity index (χ1n) is 14.1. The molecule has 1 aromatic rings. The third kappa shape index (κ3) is 3.99. The van der Waals surface area contributed by atoms with E-state index in [1.807, 2.05) is 18.5 Å². The van der Waals surface area contributed by atoms with Crippen molar-refractivity contribution >= 4 is 0 Å². The zero-order valence-electron chi connectivity index (χ0n) is 21.3. The van der Waals surface area contributed by atoms with Crippen LogP contribution in [0.2, 0.25) is 0 Å². The Morgan fingerprint density at radius 3 is 2.55 bits per heavy atom. The number of aryl methyl sites for hydroxylation is 1. The summed E-state index contributed by atoms with van der Waals surface area (Å²) in [5.74, 6) is 3.57. The number of nitrogens with zero attached hydrogens (tertiary/aromatic N) is 1. The first-order chi connectivity index (χ1) is 15.8. The molecule has 3 heteroatoms. The van der Waals surface area contributed by atoms with Crippen molar-refractivity contribution in [3.63, 3.8) is 0 Å². The predicted octanol–water partition coefficient (Wildman–Crippen LogP) is 6.57. The number of aliphatic hydroxyl groups is 2. The van der Waals surface area contributed by atoms with E-state index < -0.39 is 5.60 Å². The van der Waals surface area contributed by atoms with E-state index in [4.69, 9.17) is 0 Å². The van der Waals surface area contributed by atoms with Gasteiger partial charge < -0.3 is 10.2 Å². The Kier molecular flexibility index (Phi) is 6.44. The molecule has 0 saturated heterocycles. The molecule has 4 aliphatic carbocycles. The first kappa shape index (κ1) is 23.8. The Labute approximate surface area is 201 Å². The topological polar surface area (TPSA) is 53.4 Å². The van der Waals surface area contributed by atoms with E-state index in [1.54, 1.807) is 0 Å². The normalized spacial score (nSPS) is 44.4. The fraction of sp³-hybridized carbons (Fsp3) is 0.833. The molecule has 5 rings (SSSR count). The molecule has 184 valence electrons. The molecule has 0 amide bonds. The Morgan fingerprint density at radius 1 is 1.00 bits per heavy atom. The molecule has 0 aliphatic heterocycles. The van der Waals surface area contributed by atoms with E-state index in [-0.39, 0.29) is 11.5 Å². The summed E-state index contributed by atoms with van der Waals surface area (Å²) in [6.07, 6.45) is 18.6. The summed E-state index contributed by atoms with van der Waals surface area (Å²) in [6, 6.07) is 4.17. The summed E-state index contributed by atoms with van der Waals surface area (Å²) in [6.45, 7) is 7.38. The van der Waals surface area contributed by atoms with Gasteiger partial charge in [-0.2, -0.15) is 0 Å². The fourth-order valence-electron chi connectivity index (χ4n) is 9.93. The molecule has 33 heavy (non-hydrogen) atoms. The number of hydrogen-bond donors (Lipinski definition) is 2. The van der Waals surface area contributed by atoms with E-state index in [0.29, 0.717) is 11.3 Å². The second-order valence-electron chi connectivity index (χ2n) is 13.0. The van der Waals surface area contributed by atoms with Crippen LogP contribution in [-0.2, 0) is 6.42 Å². The highest BCUT2D eigenvalue weighted by molar-refractivity contribution is 5.14. The monoisotopic (exact) mass is 453 g/mol. The maximum atomic E-state index is 12.2. The van der Waals surface area contributed by atoms with Crippen LogP contribution < -0.4 is 0 Å². The Morgan fingerprint density at radius 2 is 1.79 bits per heavy atom. The highest BCUT2D eigenvalue weighted by Crippen LogP contribution is 2.69. The van der Waals surface area contributed by atoms with Gasteiger partial charge in [0.05, 0.1) is 11.7 Å². The number of rotatable bonds is 6. The zero-order valence-corrected chi connectivity index (χ0v) is 21.3. The second-order valence-corrected chi connectivity index (χ2v) is 13.0. The minimum atomic E-state index is -0.559. The zero-order chi connectivity index (χ0) is 23.3. The molecule has 1 heterocycles. The summed E-state index contributed by atoms with van der Waals surface area (Å²) in [4.78, 5) is 4.30. The Balaban J connectivity index is 1.36. The van der Waals surface area contributed by atoms with Gasteiger partial charge in [-0.25, -0.2) is 0 Å². The van der Waals surface area contributed by atoms with E-state index in [0.717, 1.165) is 62.2 Å². The average molecular weight is 454 g/mol. The lowest BCUT2D eigenvalue weighted by atomic mass is 9.44. The Hall–Kier alpha value is -0.930. The third-order valence-electron chi connectivity index (χ3n) is 11.5. The van der Waals surface area contributed by atoms with Crippen molar-refractivity contribution in [1.29, 1.82) is 0 Å². The van der Waals surface area contributed by atoms with E-state index in [1.165, 1.54) is 50.5 Å². The molecule has 0 bridgehead atoms. The van der Waals surface area contributed by atoms with Crippen LogP contribution in [0, 0.1) is 40.4 Å². The van der Waals surface area contributed by atoms with Gasteiger partial charge >= 0.3 is 0 Å². The van der Waals surface area contributed by atoms with Gasteiger partial charge in [0, 0.05) is 12.4 Å². The quantitative estimate of drug-likeness (QED) is 0.512. The lowest BCUT2D eigenvalue weighted by Gasteiger charge is -2.61. The number of fused-ring (bicyclic) bond motifs is 5. The molecule has 2 N–H and O–H groups in total. The number of aromatic nitrogens is 1. The van der Waals surface area contributed by atoms with Crippen LogP contribution in [0.4, 0.5) is 0 Å². The fourth-order valence-corrected chi connectivity index (χ4v) is 9.93. The van der Waals surface area contributed by atoms with E-state index >= 15 is 0 Å². The molecule has 0 radical (unpaired) electrons. The van der Waals surface area contributed by atoms with E-state index in [2.05, 4.69) is 31.8 Å². The van der Waals surface area contributed by atoms with Crippen LogP contribution in [0.1, 0.15) is 103 Å². The highest BCUT2D eigenvalue weighted by Gasteiger charge is 2.62. The van der Waals surface area contributed by atoms with Crippen molar-refractivity contribution in [2.75, 3.05) is 0 Å². The largest absolute Gasteiger partial charge is 0.393 e. The summed E-state index contributed by atoms with van der Waals surface area (Å²) in [5.41, 5.74) is 1.40. The van der Waals surface area contributed by atoms with Gasteiger partial charge in [-0.3, -0.25) is 4.98 Å². The molecule has 4 aliphatic rings. The molecule has 3 nitrogen and oxygen atoms in total. The van der Waals surface area contributed by atoms with Crippen LogP contribution >= 0.6 is 0 Å². The van der Waals surface area contributed by atoms with Crippen LogP contribution in [0.5, 0.6) is 0 Å². The summed E-state index contributed by atoms with van der Waals surface area (Å²) >= 11 is 0. The predicted molar refractivity (Wildman–Crippen MR) is 134 cm³/mol. The van der Waals surface area contributed by atoms with Gasteiger partial charge in [-0.15, -0.1) is 0 Å². The minimum Gasteiger partial charge on any atom is -0.393 e. The van der Waals surface area contributed by atoms with Crippen molar-refractivity contribution in [2.24, 2.45) is 40.4 Å². The van der Waals surface area contributed by atoms with Crippen molar-refractivity contribution in [3.05, 3.63) is 30.1 Å². The average Bonchev–Trinajstić information content (AvgIpc) is 3.17. The standard InChI is InChI=1S/C30H47NO2/c1-4-14-30(33,17-11-21-6-5-18-31-20-21)27-10-9-25-24-8-7-22-19-23(32)12-15-28(22,2)26(24)13-16-29(25,27)3/h5-6,18,20,22-27,32-33H,4,7-17,19H2,1-3H3/t22-,23-,24-,25-,26-,27-,28-,29-,30?/m0/s1. The molecule has 1 aromatic heterocycles. The summed E-state index contributed by atoms with van der Waals surface area (Å²) in [7, 11) is 0. The summed E-state index contributed by atoms with van der Waals surface area (Å²) in [5, 5.41) is 22.5.